The molecule has 2 aromatic rings. The largest absolute Gasteiger partial charge is 0.464 e. The molecule has 140 valence electrons. The molecule has 2 rings (SSSR count). The fourth-order valence-corrected chi connectivity index (χ4v) is 2.43. The van der Waals surface area contributed by atoms with Crippen LogP contribution in [0.1, 0.15) is 43.7 Å². The van der Waals surface area contributed by atoms with Gasteiger partial charge in [-0.1, -0.05) is 55.3 Å². The van der Waals surface area contributed by atoms with Crippen molar-refractivity contribution >= 4 is 6.08 Å². The minimum absolute atomic E-state index is 0.375. The van der Waals surface area contributed by atoms with E-state index < -0.39 is 6.10 Å². The maximum absolute atomic E-state index is 10.0. The molecule has 0 saturated heterocycles. The lowest BCUT2D eigenvalue weighted by atomic mass is 10.1. The van der Waals surface area contributed by atoms with E-state index in [1.807, 2.05) is 31.2 Å². The van der Waals surface area contributed by atoms with E-state index in [2.05, 4.69) is 22.1 Å². The Morgan fingerprint density at radius 2 is 1.85 bits per heavy atom. The standard InChI is InChI=1S/C21H28N2O3/c1-2-26-21-22-15-19(16-23-21)12-13-20(24)11-7-4-8-14-25-17-18-9-5-3-6-10-18/h3,5-6,9-10,12-13,15-16,20,24H,2,4,7-8,11,14,17H2,1H3/t20-/m1/s1. The Balaban J connectivity index is 1.53. The van der Waals surface area contributed by atoms with Crippen molar-refractivity contribution in [3.05, 3.63) is 59.9 Å². The van der Waals surface area contributed by atoms with Crippen molar-refractivity contribution < 1.29 is 14.6 Å². The van der Waals surface area contributed by atoms with Crippen LogP contribution >= 0.6 is 0 Å². The van der Waals surface area contributed by atoms with E-state index in [0.29, 0.717) is 19.2 Å². The van der Waals surface area contributed by atoms with E-state index in [9.17, 15) is 5.11 Å². The van der Waals surface area contributed by atoms with Crippen molar-refractivity contribution in [3.8, 4) is 6.01 Å². The first-order valence-corrected chi connectivity index (χ1v) is 9.20. The highest BCUT2D eigenvalue weighted by molar-refractivity contribution is 5.47. The molecule has 1 N–H and O–H groups in total. The fourth-order valence-electron chi connectivity index (χ4n) is 2.43. The van der Waals surface area contributed by atoms with Crippen molar-refractivity contribution in [2.45, 2.75) is 45.3 Å². The van der Waals surface area contributed by atoms with Crippen molar-refractivity contribution in [2.75, 3.05) is 13.2 Å². The van der Waals surface area contributed by atoms with Crippen LogP contribution in [0.5, 0.6) is 6.01 Å². The second-order valence-corrected chi connectivity index (χ2v) is 6.05. The molecule has 0 radical (unpaired) electrons. The number of unbranched alkanes of at least 4 members (excludes halogenated alkanes) is 2. The SMILES string of the molecule is CCOc1ncc(C=C[C@H](O)CCCCCOCc2ccccc2)cn1. The molecule has 0 amide bonds. The molecular formula is C21H28N2O3. The first-order chi connectivity index (χ1) is 12.8. The van der Waals surface area contributed by atoms with Crippen LogP contribution < -0.4 is 4.74 Å². The van der Waals surface area contributed by atoms with E-state index in [-0.39, 0.29) is 0 Å². The first-order valence-electron chi connectivity index (χ1n) is 9.20. The van der Waals surface area contributed by atoms with E-state index in [0.717, 1.165) is 37.9 Å². The van der Waals surface area contributed by atoms with Gasteiger partial charge in [-0.2, -0.15) is 0 Å². The van der Waals surface area contributed by atoms with Crippen molar-refractivity contribution in [3.63, 3.8) is 0 Å². The number of benzene rings is 1. The van der Waals surface area contributed by atoms with Gasteiger partial charge < -0.3 is 14.6 Å². The van der Waals surface area contributed by atoms with Crippen LogP contribution in [0.25, 0.3) is 6.08 Å². The molecule has 26 heavy (non-hydrogen) atoms. The summed E-state index contributed by atoms with van der Waals surface area (Å²) < 4.78 is 10.9. The van der Waals surface area contributed by atoms with Gasteiger partial charge in [0, 0.05) is 24.6 Å². The molecule has 5 nitrogen and oxygen atoms in total. The summed E-state index contributed by atoms with van der Waals surface area (Å²) in [5.74, 6) is 0. The summed E-state index contributed by atoms with van der Waals surface area (Å²) in [6.45, 7) is 3.86. The predicted molar refractivity (Wildman–Crippen MR) is 103 cm³/mol. The molecule has 0 spiro atoms. The van der Waals surface area contributed by atoms with Gasteiger partial charge in [0.15, 0.2) is 0 Å². The monoisotopic (exact) mass is 356 g/mol. The lowest BCUT2D eigenvalue weighted by molar-refractivity contribution is 0.115. The van der Waals surface area contributed by atoms with Crippen molar-refractivity contribution in [1.29, 1.82) is 0 Å². The smallest absolute Gasteiger partial charge is 0.316 e. The average molecular weight is 356 g/mol. The Labute approximate surface area is 155 Å². The molecule has 0 unspecified atom stereocenters. The van der Waals surface area contributed by atoms with Crippen LogP contribution in [-0.4, -0.2) is 34.4 Å². The molecule has 1 heterocycles. The second-order valence-electron chi connectivity index (χ2n) is 6.05. The Kier molecular flexibility index (Phi) is 9.40. The van der Waals surface area contributed by atoms with Crippen LogP contribution in [-0.2, 0) is 11.3 Å². The third-order valence-corrected chi connectivity index (χ3v) is 3.83. The zero-order valence-electron chi connectivity index (χ0n) is 15.4. The molecule has 0 aliphatic heterocycles. The second kappa shape index (κ2) is 12.2. The number of hydrogen-bond donors (Lipinski definition) is 1. The van der Waals surface area contributed by atoms with E-state index >= 15 is 0 Å². The van der Waals surface area contributed by atoms with Gasteiger partial charge >= 0.3 is 6.01 Å². The molecule has 0 aliphatic rings. The number of rotatable bonds is 12. The maximum Gasteiger partial charge on any atom is 0.316 e. The molecule has 0 fully saturated rings. The number of hydrogen-bond acceptors (Lipinski definition) is 5. The lowest BCUT2D eigenvalue weighted by Crippen LogP contribution is -2.02. The third kappa shape index (κ3) is 8.23. The van der Waals surface area contributed by atoms with Gasteiger partial charge in [0.05, 0.1) is 19.3 Å². The summed E-state index contributed by atoms with van der Waals surface area (Å²) in [7, 11) is 0. The molecule has 0 saturated carbocycles. The summed E-state index contributed by atoms with van der Waals surface area (Å²) in [4.78, 5) is 8.18. The van der Waals surface area contributed by atoms with Crippen LogP contribution in [0.15, 0.2) is 48.8 Å². The summed E-state index contributed by atoms with van der Waals surface area (Å²) in [6, 6.07) is 10.6. The quantitative estimate of drug-likeness (QED) is 0.582. The van der Waals surface area contributed by atoms with Gasteiger partial charge in [0.2, 0.25) is 0 Å². The summed E-state index contributed by atoms with van der Waals surface area (Å²) in [5, 5.41) is 10.0. The molecule has 0 aliphatic carbocycles. The first kappa shape index (κ1) is 20.1. The normalized spacial score (nSPS) is 12.4. The predicted octanol–water partition coefficient (Wildman–Crippen LogP) is 4.03. The Bertz CT molecular complexity index is 629. The van der Waals surface area contributed by atoms with E-state index in [1.54, 1.807) is 18.5 Å². The van der Waals surface area contributed by atoms with E-state index in [1.165, 1.54) is 5.56 Å². The van der Waals surface area contributed by atoms with Crippen LogP contribution in [0.2, 0.25) is 0 Å². The fraction of sp³-hybridized carbons (Fsp3) is 0.429. The molecular weight excluding hydrogens is 328 g/mol. The van der Waals surface area contributed by atoms with E-state index in [4.69, 9.17) is 9.47 Å². The Hall–Kier alpha value is -2.24. The average Bonchev–Trinajstić information content (AvgIpc) is 2.68. The van der Waals surface area contributed by atoms with Gasteiger partial charge in [-0.25, -0.2) is 9.97 Å². The zero-order valence-corrected chi connectivity index (χ0v) is 15.4. The number of nitrogens with zero attached hydrogens (tertiary/aromatic N) is 2. The highest BCUT2D eigenvalue weighted by atomic mass is 16.5. The minimum atomic E-state index is -0.452. The van der Waals surface area contributed by atoms with Crippen LogP contribution in [0.3, 0.4) is 0 Å². The number of ether oxygens (including phenoxy) is 2. The Morgan fingerprint density at radius 3 is 2.58 bits per heavy atom. The summed E-state index contributed by atoms with van der Waals surface area (Å²) in [6.07, 6.45) is 10.3. The molecule has 1 aromatic heterocycles. The lowest BCUT2D eigenvalue weighted by Gasteiger charge is -2.07. The van der Waals surface area contributed by atoms with Gasteiger partial charge in [-0.3, -0.25) is 0 Å². The third-order valence-electron chi connectivity index (χ3n) is 3.83. The van der Waals surface area contributed by atoms with Crippen molar-refractivity contribution in [1.82, 2.24) is 9.97 Å². The maximum atomic E-state index is 10.0. The van der Waals surface area contributed by atoms with Gasteiger partial charge in [-0.15, -0.1) is 0 Å². The topological polar surface area (TPSA) is 64.5 Å². The highest BCUT2D eigenvalue weighted by Gasteiger charge is 2.00. The zero-order chi connectivity index (χ0) is 18.5. The van der Waals surface area contributed by atoms with Gasteiger partial charge in [0.25, 0.3) is 0 Å². The molecule has 5 heteroatoms. The van der Waals surface area contributed by atoms with Crippen LogP contribution in [0.4, 0.5) is 0 Å². The number of aliphatic hydroxyl groups excluding tert-OH is 1. The molecule has 1 aromatic carbocycles. The molecule has 0 bridgehead atoms. The summed E-state index contributed by atoms with van der Waals surface area (Å²) in [5.41, 5.74) is 2.05. The number of aliphatic hydroxyl groups is 1. The van der Waals surface area contributed by atoms with Crippen molar-refractivity contribution in [2.24, 2.45) is 0 Å². The minimum Gasteiger partial charge on any atom is -0.464 e. The molecule has 1 atom stereocenters. The van der Waals surface area contributed by atoms with Gasteiger partial charge in [0.1, 0.15) is 0 Å². The highest BCUT2D eigenvalue weighted by Crippen LogP contribution is 2.09. The summed E-state index contributed by atoms with van der Waals surface area (Å²) >= 11 is 0. The Morgan fingerprint density at radius 1 is 1.08 bits per heavy atom. The number of aromatic nitrogens is 2. The van der Waals surface area contributed by atoms with Gasteiger partial charge in [-0.05, 0) is 25.3 Å². The van der Waals surface area contributed by atoms with Crippen LogP contribution in [0, 0.1) is 0 Å².